The van der Waals surface area contributed by atoms with Gasteiger partial charge in [0.2, 0.25) is 5.91 Å². The highest BCUT2D eigenvalue weighted by Crippen LogP contribution is 2.19. The molecule has 3 rings (SSSR count). The van der Waals surface area contributed by atoms with E-state index >= 15 is 0 Å². The summed E-state index contributed by atoms with van der Waals surface area (Å²) in [6.45, 7) is 1.34. The lowest BCUT2D eigenvalue weighted by atomic mass is 10.1. The number of imide groups is 1. The molecule has 1 fully saturated rings. The Balaban J connectivity index is 1.37. The molecule has 1 atom stereocenters. The lowest BCUT2D eigenvalue weighted by Crippen LogP contribution is -2.40. The second-order valence-electron chi connectivity index (χ2n) is 7.04. The minimum atomic E-state index is -0.535. The number of cyclic esters (lactones) is 1. The average Bonchev–Trinajstić information content (AvgIpc) is 3.11. The van der Waals surface area contributed by atoms with Gasteiger partial charge >= 0.3 is 6.09 Å². The molecule has 0 unspecified atom stereocenters. The van der Waals surface area contributed by atoms with Gasteiger partial charge in [0.1, 0.15) is 12.4 Å². The van der Waals surface area contributed by atoms with Crippen LogP contribution in [0.25, 0.3) is 0 Å². The molecular weight excluding hydrogens is 370 g/mol. The molecule has 6 heteroatoms. The smallest absolute Gasteiger partial charge is 0.416 e. The molecule has 0 aliphatic carbocycles. The average molecular weight is 397 g/mol. The van der Waals surface area contributed by atoms with Crippen molar-refractivity contribution in [3.63, 3.8) is 0 Å². The van der Waals surface area contributed by atoms with Crippen LogP contribution in [-0.4, -0.2) is 43.3 Å². The van der Waals surface area contributed by atoms with Gasteiger partial charge in [-0.25, -0.2) is 9.69 Å². The molecule has 0 bridgehead atoms. The Morgan fingerprint density at radius 2 is 1.83 bits per heavy atom. The van der Waals surface area contributed by atoms with Gasteiger partial charge in [0, 0.05) is 13.0 Å². The van der Waals surface area contributed by atoms with Gasteiger partial charge < -0.3 is 14.2 Å². The van der Waals surface area contributed by atoms with E-state index in [4.69, 9.17) is 14.2 Å². The minimum Gasteiger partial charge on any atom is -0.497 e. The van der Waals surface area contributed by atoms with Crippen molar-refractivity contribution in [1.82, 2.24) is 4.90 Å². The van der Waals surface area contributed by atoms with E-state index in [1.54, 1.807) is 7.11 Å². The van der Waals surface area contributed by atoms with Gasteiger partial charge in [0.25, 0.3) is 0 Å². The van der Waals surface area contributed by atoms with Crippen LogP contribution in [0.5, 0.6) is 5.75 Å². The van der Waals surface area contributed by atoms with E-state index < -0.39 is 6.09 Å². The van der Waals surface area contributed by atoms with Crippen LogP contribution in [0.4, 0.5) is 4.79 Å². The molecule has 29 heavy (non-hydrogen) atoms. The molecule has 2 aromatic carbocycles. The summed E-state index contributed by atoms with van der Waals surface area (Å²) in [5, 5.41) is 0. The number of carbonyl (C=O) groups excluding carboxylic acids is 2. The number of hydrogen-bond donors (Lipinski definition) is 0. The van der Waals surface area contributed by atoms with Crippen LogP contribution in [0.15, 0.2) is 54.6 Å². The topological polar surface area (TPSA) is 65.1 Å². The molecule has 2 aromatic rings. The zero-order chi connectivity index (χ0) is 20.5. The van der Waals surface area contributed by atoms with Gasteiger partial charge in [-0.2, -0.15) is 0 Å². The van der Waals surface area contributed by atoms with E-state index in [-0.39, 0.29) is 18.6 Å². The maximum absolute atomic E-state index is 12.5. The summed E-state index contributed by atoms with van der Waals surface area (Å²) < 4.78 is 15.9. The van der Waals surface area contributed by atoms with Crippen molar-refractivity contribution in [3.05, 3.63) is 65.7 Å². The predicted octanol–water partition coefficient (Wildman–Crippen LogP) is 3.97. The number of amides is 2. The van der Waals surface area contributed by atoms with Crippen molar-refractivity contribution >= 4 is 12.0 Å². The number of rotatable bonds is 10. The van der Waals surface area contributed by atoms with Crippen LogP contribution in [0, 0.1) is 0 Å². The van der Waals surface area contributed by atoms with Crippen molar-refractivity contribution in [3.8, 4) is 5.75 Å². The maximum Gasteiger partial charge on any atom is 0.416 e. The lowest BCUT2D eigenvalue weighted by Gasteiger charge is -2.19. The number of nitrogens with zero attached hydrogens (tertiary/aromatic N) is 1. The largest absolute Gasteiger partial charge is 0.497 e. The highest BCUT2D eigenvalue weighted by molar-refractivity contribution is 5.93. The molecule has 0 saturated carbocycles. The first-order valence-electron chi connectivity index (χ1n) is 9.91. The van der Waals surface area contributed by atoms with Crippen LogP contribution in [0.3, 0.4) is 0 Å². The number of carbonyl (C=O) groups is 2. The zero-order valence-electron chi connectivity index (χ0n) is 16.7. The molecule has 0 radical (unpaired) electrons. The van der Waals surface area contributed by atoms with E-state index in [9.17, 15) is 9.59 Å². The second-order valence-corrected chi connectivity index (χ2v) is 7.04. The molecule has 0 N–H and O–H groups in total. The van der Waals surface area contributed by atoms with E-state index in [0.29, 0.717) is 32.5 Å². The molecule has 2 amide bonds. The van der Waals surface area contributed by atoms with Gasteiger partial charge in [-0.1, -0.05) is 42.5 Å². The zero-order valence-corrected chi connectivity index (χ0v) is 16.7. The highest BCUT2D eigenvalue weighted by Gasteiger charge is 2.37. The second kappa shape index (κ2) is 10.6. The van der Waals surface area contributed by atoms with Gasteiger partial charge in [-0.15, -0.1) is 0 Å². The highest BCUT2D eigenvalue weighted by atomic mass is 16.6. The Labute approximate surface area is 171 Å². The van der Waals surface area contributed by atoms with Crippen LogP contribution in [0.2, 0.25) is 0 Å². The number of ether oxygens (including phenoxy) is 3. The van der Waals surface area contributed by atoms with Gasteiger partial charge in [0.05, 0.1) is 19.8 Å². The Bertz CT molecular complexity index is 791. The van der Waals surface area contributed by atoms with Crippen LogP contribution in [0.1, 0.15) is 30.4 Å². The summed E-state index contributed by atoms with van der Waals surface area (Å²) in [7, 11) is 1.64. The number of benzene rings is 2. The Morgan fingerprint density at radius 3 is 2.55 bits per heavy atom. The summed E-state index contributed by atoms with van der Waals surface area (Å²) in [6.07, 6.45) is 1.82. The summed E-state index contributed by atoms with van der Waals surface area (Å²) in [6, 6.07) is 17.3. The van der Waals surface area contributed by atoms with Gasteiger partial charge in [-0.3, -0.25) is 4.79 Å². The summed E-state index contributed by atoms with van der Waals surface area (Å²) in [5.74, 6) is 0.641. The van der Waals surface area contributed by atoms with E-state index in [0.717, 1.165) is 23.3 Å². The van der Waals surface area contributed by atoms with E-state index in [1.807, 2.05) is 54.6 Å². The fourth-order valence-electron chi connectivity index (χ4n) is 3.32. The van der Waals surface area contributed by atoms with Crippen LogP contribution >= 0.6 is 0 Å². The summed E-state index contributed by atoms with van der Waals surface area (Å²) in [5.41, 5.74) is 2.16. The van der Waals surface area contributed by atoms with Crippen LogP contribution in [-0.2, 0) is 27.3 Å². The standard InChI is InChI=1S/C23H27NO5/c1-27-21-12-10-19(11-13-21)16-28-14-6-5-9-22(25)24-20(17-29-23(24)26)15-18-7-3-2-4-8-18/h2-4,7-8,10-13,20H,5-6,9,14-17H2,1H3/t20-/m1/s1. The minimum absolute atomic E-state index is 0.177. The number of unbranched alkanes of at least 4 members (excludes halogenated alkanes) is 1. The first-order chi connectivity index (χ1) is 14.2. The monoisotopic (exact) mass is 397 g/mol. The molecule has 154 valence electrons. The van der Waals surface area contributed by atoms with Gasteiger partial charge in [0.15, 0.2) is 0 Å². The van der Waals surface area contributed by atoms with Crippen molar-refractivity contribution in [2.24, 2.45) is 0 Å². The van der Waals surface area contributed by atoms with E-state index in [1.165, 1.54) is 4.90 Å². The molecule has 1 saturated heterocycles. The molecular formula is C23H27NO5. The summed E-state index contributed by atoms with van der Waals surface area (Å²) >= 11 is 0. The Morgan fingerprint density at radius 1 is 1.07 bits per heavy atom. The van der Waals surface area contributed by atoms with Crippen molar-refractivity contribution in [2.75, 3.05) is 20.3 Å². The third kappa shape index (κ3) is 6.06. The van der Waals surface area contributed by atoms with Crippen molar-refractivity contribution < 1.29 is 23.8 Å². The van der Waals surface area contributed by atoms with Crippen molar-refractivity contribution in [1.29, 1.82) is 0 Å². The quantitative estimate of drug-likeness (QED) is 0.568. The number of hydrogen-bond acceptors (Lipinski definition) is 5. The molecule has 1 heterocycles. The third-order valence-electron chi connectivity index (χ3n) is 4.90. The third-order valence-corrected chi connectivity index (χ3v) is 4.90. The molecule has 6 nitrogen and oxygen atoms in total. The Kier molecular flexibility index (Phi) is 7.64. The first kappa shape index (κ1) is 20.9. The molecule has 1 aliphatic heterocycles. The Hall–Kier alpha value is -2.86. The molecule has 0 aromatic heterocycles. The molecule has 1 aliphatic rings. The maximum atomic E-state index is 12.5. The SMILES string of the molecule is COc1ccc(COCCCCC(=O)N2C(=O)OC[C@H]2Cc2ccccc2)cc1. The summed E-state index contributed by atoms with van der Waals surface area (Å²) in [4.78, 5) is 25.8. The fourth-order valence-corrected chi connectivity index (χ4v) is 3.32. The number of methoxy groups -OCH3 is 1. The molecule has 0 spiro atoms. The first-order valence-corrected chi connectivity index (χ1v) is 9.91. The predicted molar refractivity (Wildman–Crippen MR) is 109 cm³/mol. The fraction of sp³-hybridized carbons (Fsp3) is 0.391. The normalized spacial score (nSPS) is 16.0. The van der Waals surface area contributed by atoms with Crippen molar-refractivity contribution in [2.45, 2.75) is 38.3 Å². The van der Waals surface area contributed by atoms with Gasteiger partial charge in [-0.05, 0) is 42.5 Å². The lowest BCUT2D eigenvalue weighted by molar-refractivity contribution is -0.129. The van der Waals surface area contributed by atoms with Crippen LogP contribution < -0.4 is 4.74 Å². The van der Waals surface area contributed by atoms with E-state index in [2.05, 4.69) is 0 Å².